The van der Waals surface area contributed by atoms with Crippen molar-refractivity contribution >= 4 is 23.9 Å². The van der Waals surface area contributed by atoms with Gasteiger partial charge in [0.05, 0.1) is 6.61 Å². The minimum absolute atomic E-state index is 0.0223. The number of carbonyl (C=O) groups is 4. The first-order valence-corrected chi connectivity index (χ1v) is 11.8. The van der Waals surface area contributed by atoms with Crippen molar-refractivity contribution in [3.8, 4) is 0 Å². The molecule has 0 aliphatic carbocycles. The lowest BCUT2D eigenvalue weighted by Crippen LogP contribution is -2.51. The van der Waals surface area contributed by atoms with Crippen molar-refractivity contribution in [1.29, 1.82) is 0 Å². The number of esters is 1. The highest BCUT2D eigenvalue weighted by atomic mass is 16.6. The van der Waals surface area contributed by atoms with Gasteiger partial charge < -0.3 is 30.5 Å². The Morgan fingerprint density at radius 3 is 2.08 bits per heavy atom. The molecule has 3 amide bonds. The van der Waals surface area contributed by atoms with Gasteiger partial charge in [0, 0.05) is 0 Å². The maximum atomic E-state index is 13.0. The van der Waals surface area contributed by atoms with Crippen molar-refractivity contribution in [2.45, 2.75) is 79.2 Å². The second-order valence-corrected chi connectivity index (χ2v) is 9.99. The van der Waals surface area contributed by atoms with Gasteiger partial charge in [-0.15, -0.1) is 0 Å². The van der Waals surface area contributed by atoms with E-state index in [-0.39, 0.29) is 18.2 Å². The van der Waals surface area contributed by atoms with Crippen LogP contribution in [0.2, 0.25) is 0 Å². The number of hydrogen-bond donors (Lipinski definition) is 4. The maximum absolute atomic E-state index is 13.0. The number of aliphatic hydroxyl groups excluding tert-OH is 1. The van der Waals surface area contributed by atoms with E-state index >= 15 is 0 Å². The second kappa shape index (κ2) is 14.2. The molecule has 2 atom stereocenters. The monoisotopic (exact) mass is 505 g/mol. The van der Waals surface area contributed by atoms with E-state index in [0.29, 0.717) is 12.0 Å². The summed E-state index contributed by atoms with van der Waals surface area (Å²) in [5.74, 6) is -2.16. The highest BCUT2D eigenvalue weighted by Gasteiger charge is 2.29. The molecule has 10 nitrogen and oxygen atoms in total. The van der Waals surface area contributed by atoms with E-state index in [1.165, 1.54) is 0 Å². The molecule has 0 aliphatic heterocycles. The predicted octanol–water partition coefficient (Wildman–Crippen LogP) is 2.56. The van der Waals surface area contributed by atoms with Gasteiger partial charge in [-0.05, 0) is 58.1 Å². The zero-order valence-corrected chi connectivity index (χ0v) is 22.1. The highest BCUT2D eigenvalue weighted by molar-refractivity contribution is 6.01. The van der Waals surface area contributed by atoms with Gasteiger partial charge in [0.25, 0.3) is 5.91 Å². The van der Waals surface area contributed by atoms with E-state index in [1.54, 1.807) is 58.9 Å². The summed E-state index contributed by atoms with van der Waals surface area (Å²) >= 11 is 0. The van der Waals surface area contributed by atoms with Crippen LogP contribution in [0.15, 0.2) is 41.6 Å². The lowest BCUT2D eigenvalue weighted by molar-refractivity contribution is -0.150. The summed E-state index contributed by atoms with van der Waals surface area (Å²) in [4.78, 5) is 50.6. The molecule has 1 aromatic carbocycles. The van der Waals surface area contributed by atoms with Crippen molar-refractivity contribution < 1.29 is 33.8 Å². The Kier molecular flexibility index (Phi) is 12.1. The van der Waals surface area contributed by atoms with Crippen molar-refractivity contribution in [3.63, 3.8) is 0 Å². The van der Waals surface area contributed by atoms with Gasteiger partial charge >= 0.3 is 12.1 Å². The number of amides is 3. The number of nitrogens with one attached hydrogen (secondary N) is 3. The van der Waals surface area contributed by atoms with Gasteiger partial charge in [-0.2, -0.15) is 0 Å². The number of aliphatic hydroxyl groups is 1. The molecule has 0 spiro atoms. The molecule has 4 N–H and O–H groups in total. The Morgan fingerprint density at radius 1 is 0.972 bits per heavy atom. The normalized spacial score (nSPS) is 12.7. The standard InChI is InChI=1S/C26H39N3O7/c1-16(2)13-19(28-25(34)36-26(5,6)7)22(31)29-21(17(3)4)23(32)27-20(14-30)24(33)35-15-18-11-9-8-10-12-18/h8-12,16,19-20,30H,13-15H2,1-7H3,(H,27,32)(H,28,34)(H,29,31)/t19-,20-/m0/s1. The summed E-state index contributed by atoms with van der Waals surface area (Å²) in [7, 11) is 0. The molecule has 0 fully saturated rings. The Balaban J connectivity index is 2.89. The third kappa shape index (κ3) is 11.4. The van der Waals surface area contributed by atoms with E-state index in [0.717, 1.165) is 5.56 Å². The van der Waals surface area contributed by atoms with Crippen LogP contribution in [0.4, 0.5) is 4.79 Å². The van der Waals surface area contributed by atoms with Gasteiger partial charge in [-0.3, -0.25) is 9.59 Å². The molecule has 36 heavy (non-hydrogen) atoms. The molecular weight excluding hydrogens is 466 g/mol. The first-order valence-electron chi connectivity index (χ1n) is 11.8. The summed E-state index contributed by atoms with van der Waals surface area (Å²) < 4.78 is 10.4. The van der Waals surface area contributed by atoms with Crippen molar-refractivity contribution in [2.75, 3.05) is 6.61 Å². The molecule has 0 radical (unpaired) electrons. The fourth-order valence-electron chi connectivity index (χ4n) is 3.01. The Hall–Kier alpha value is -3.40. The number of benzene rings is 1. The fraction of sp³-hybridized carbons (Fsp3) is 0.538. The van der Waals surface area contributed by atoms with Crippen LogP contribution in [0, 0.1) is 5.92 Å². The molecule has 0 aromatic heterocycles. The lowest BCUT2D eigenvalue weighted by Gasteiger charge is -2.25. The maximum Gasteiger partial charge on any atom is 0.408 e. The van der Waals surface area contributed by atoms with Crippen molar-refractivity contribution in [2.24, 2.45) is 5.92 Å². The molecule has 1 aromatic rings. The predicted molar refractivity (Wildman–Crippen MR) is 134 cm³/mol. The first kappa shape index (κ1) is 30.6. The molecule has 0 bridgehead atoms. The number of rotatable bonds is 11. The van der Waals surface area contributed by atoms with Gasteiger partial charge in [0.2, 0.25) is 5.91 Å². The van der Waals surface area contributed by atoms with E-state index in [4.69, 9.17) is 9.47 Å². The fourth-order valence-corrected chi connectivity index (χ4v) is 3.01. The summed E-state index contributed by atoms with van der Waals surface area (Å²) in [6.07, 6.45) is -0.457. The second-order valence-electron chi connectivity index (χ2n) is 9.99. The molecule has 0 unspecified atom stereocenters. The quantitative estimate of drug-likeness (QED) is 0.267. The van der Waals surface area contributed by atoms with Gasteiger partial charge in [-0.1, -0.05) is 44.2 Å². The van der Waals surface area contributed by atoms with Crippen LogP contribution in [-0.4, -0.2) is 53.3 Å². The number of hydrogen-bond acceptors (Lipinski definition) is 7. The third-order valence-electron chi connectivity index (χ3n) is 4.69. The minimum atomic E-state index is -1.33. The smallest absolute Gasteiger partial charge is 0.408 e. The van der Waals surface area contributed by atoms with Crippen LogP contribution in [0.5, 0.6) is 0 Å². The van der Waals surface area contributed by atoms with Crippen LogP contribution in [0.3, 0.4) is 0 Å². The Morgan fingerprint density at radius 2 is 1.58 bits per heavy atom. The molecule has 1 rings (SSSR count). The highest BCUT2D eigenvalue weighted by Crippen LogP contribution is 2.11. The summed E-state index contributed by atoms with van der Waals surface area (Å²) in [6.45, 7) is 11.4. The molecule has 0 saturated carbocycles. The summed E-state index contributed by atoms with van der Waals surface area (Å²) in [5, 5.41) is 17.1. The largest absolute Gasteiger partial charge is 0.459 e. The molecule has 0 aliphatic rings. The minimum Gasteiger partial charge on any atom is -0.459 e. The molecule has 0 saturated heterocycles. The van der Waals surface area contributed by atoms with Crippen LogP contribution in [0.25, 0.3) is 0 Å². The first-order chi connectivity index (χ1) is 16.7. The van der Waals surface area contributed by atoms with Crippen LogP contribution < -0.4 is 16.0 Å². The van der Waals surface area contributed by atoms with E-state index < -0.39 is 48.2 Å². The Labute approximate surface area is 212 Å². The number of ether oxygens (including phenoxy) is 2. The zero-order valence-electron chi connectivity index (χ0n) is 22.1. The average Bonchev–Trinajstić information content (AvgIpc) is 2.77. The zero-order chi connectivity index (χ0) is 27.5. The van der Waals surface area contributed by atoms with Gasteiger partial charge in [-0.25, -0.2) is 9.59 Å². The summed E-state index contributed by atoms with van der Waals surface area (Å²) in [6, 6.07) is 6.66. The lowest BCUT2D eigenvalue weighted by atomic mass is 10.0. The molecule has 10 heteroatoms. The van der Waals surface area contributed by atoms with Gasteiger partial charge in [0.1, 0.15) is 23.9 Å². The third-order valence-corrected chi connectivity index (χ3v) is 4.69. The number of carbonyl (C=O) groups excluding carboxylic acids is 4. The van der Waals surface area contributed by atoms with E-state index in [9.17, 15) is 24.3 Å². The van der Waals surface area contributed by atoms with E-state index in [1.807, 2.05) is 19.9 Å². The van der Waals surface area contributed by atoms with Crippen molar-refractivity contribution in [3.05, 3.63) is 47.2 Å². The number of allylic oxidation sites excluding steroid dienone is 1. The van der Waals surface area contributed by atoms with Crippen LogP contribution in [-0.2, 0) is 30.5 Å². The Bertz CT molecular complexity index is 933. The average molecular weight is 506 g/mol. The summed E-state index contributed by atoms with van der Waals surface area (Å²) in [5.41, 5.74) is 0.354. The SMILES string of the molecule is CC(C)=C(NC(=O)[C@H](CC(C)C)NC(=O)OC(C)(C)C)C(=O)N[C@@H](CO)C(=O)OCc1ccccc1. The molecular formula is C26H39N3O7. The van der Waals surface area contributed by atoms with Crippen molar-refractivity contribution in [1.82, 2.24) is 16.0 Å². The van der Waals surface area contributed by atoms with E-state index in [2.05, 4.69) is 16.0 Å². The van der Waals surface area contributed by atoms with Gasteiger partial charge in [0.15, 0.2) is 6.04 Å². The number of alkyl carbamates (subject to hydrolysis) is 1. The molecule has 0 heterocycles. The molecule has 200 valence electrons. The van der Waals surface area contributed by atoms with Crippen LogP contribution in [0.1, 0.15) is 60.5 Å². The topological polar surface area (TPSA) is 143 Å². The van der Waals surface area contributed by atoms with Crippen LogP contribution >= 0.6 is 0 Å².